The van der Waals surface area contributed by atoms with Gasteiger partial charge in [0.25, 0.3) is 0 Å². The number of hydrogen-bond donors (Lipinski definition) is 2. The molecular formula is C19H31IN4. The van der Waals surface area contributed by atoms with Crippen LogP contribution in [-0.2, 0) is 0 Å². The average molecular weight is 442 g/mol. The molecule has 1 heterocycles. The third-order valence-electron chi connectivity index (χ3n) is 4.96. The summed E-state index contributed by atoms with van der Waals surface area (Å²) in [5, 5.41) is 6.95. The van der Waals surface area contributed by atoms with Gasteiger partial charge in [0.05, 0.1) is 6.04 Å². The summed E-state index contributed by atoms with van der Waals surface area (Å²) in [6.45, 7) is 5.60. The van der Waals surface area contributed by atoms with E-state index in [1.165, 1.54) is 56.4 Å². The van der Waals surface area contributed by atoms with Gasteiger partial charge in [-0.25, -0.2) is 0 Å². The minimum atomic E-state index is 0. The van der Waals surface area contributed by atoms with Crippen LogP contribution in [0.5, 0.6) is 0 Å². The summed E-state index contributed by atoms with van der Waals surface area (Å²) in [5.41, 5.74) is 2.67. The minimum absolute atomic E-state index is 0. The fourth-order valence-corrected chi connectivity index (χ4v) is 3.25. The zero-order valence-corrected chi connectivity index (χ0v) is 17.3. The van der Waals surface area contributed by atoms with Crippen LogP contribution >= 0.6 is 24.0 Å². The molecule has 0 radical (unpaired) electrons. The van der Waals surface area contributed by atoms with Gasteiger partial charge in [0.15, 0.2) is 5.96 Å². The highest BCUT2D eigenvalue weighted by Gasteiger charge is 2.20. The summed E-state index contributed by atoms with van der Waals surface area (Å²) in [6.07, 6.45) is 6.71. The van der Waals surface area contributed by atoms with Crippen molar-refractivity contribution in [2.45, 2.75) is 45.1 Å². The molecule has 0 bridgehead atoms. The predicted molar refractivity (Wildman–Crippen MR) is 114 cm³/mol. The molecule has 0 aromatic heterocycles. The number of hydrogen-bond acceptors (Lipinski definition) is 2. The second kappa shape index (κ2) is 9.49. The number of benzene rings is 1. The summed E-state index contributed by atoms with van der Waals surface area (Å²) < 4.78 is 0. The summed E-state index contributed by atoms with van der Waals surface area (Å²) in [7, 11) is 1.85. The quantitative estimate of drug-likeness (QED) is 0.399. The van der Waals surface area contributed by atoms with E-state index < -0.39 is 0 Å². The molecule has 0 spiro atoms. The number of anilines is 1. The van der Waals surface area contributed by atoms with Crippen LogP contribution in [0.2, 0.25) is 0 Å². The van der Waals surface area contributed by atoms with Gasteiger partial charge in [0, 0.05) is 32.4 Å². The largest absolute Gasteiger partial charge is 0.372 e. The van der Waals surface area contributed by atoms with Crippen LogP contribution < -0.4 is 15.5 Å². The van der Waals surface area contributed by atoms with Crippen molar-refractivity contribution >= 4 is 35.6 Å². The zero-order chi connectivity index (χ0) is 16.1. The van der Waals surface area contributed by atoms with Crippen molar-refractivity contribution in [3.8, 4) is 0 Å². The van der Waals surface area contributed by atoms with Gasteiger partial charge in [0.2, 0.25) is 0 Å². The molecule has 1 aliphatic heterocycles. The predicted octanol–water partition coefficient (Wildman–Crippen LogP) is 3.93. The average Bonchev–Trinajstić information content (AvgIpc) is 3.24. The summed E-state index contributed by atoms with van der Waals surface area (Å²) in [5.74, 6) is 1.86. The van der Waals surface area contributed by atoms with Crippen LogP contribution in [-0.4, -0.2) is 32.6 Å². The summed E-state index contributed by atoms with van der Waals surface area (Å²) in [4.78, 5) is 6.84. The lowest BCUT2D eigenvalue weighted by atomic mass is 10.1. The maximum absolute atomic E-state index is 4.35. The second-order valence-electron chi connectivity index (χ2n) is 6.89. The van der Waals surface area contributed by atoms with E-state index in [0.717, 1.165) is 18.4 Å². The highest BCUT2D eigenvalue weighted by molar-refractivity contribution is 14.0. The van der Waals surface area contributed by atoms with E-state index in [1.807, 2.05) is 7.05 Å². The molecule has 3 rings (SSSR count). The lowest BCUT2D eigenvalue weighted by Gasteiger charge is -2.22. The Morgan fingerprint density at radius 1 is 1.29 bits per heavy atom. The van der Waals surface area contributed by atoms with Crippen LogP contribution in [0.1, 0.15) is 50.6 Å². The molecule has 1 aliphatic carbocycles. The van der Waals surface area contributed by atoms with E-state index in [2.05, 4.69) is 51.7 Å². The Hall–Kier alpha value is -0.980. The Balaban J connectivity index is 0.00000208. The first-order chi connectivity index (χ1) is 11.3. The SMILES string of the molecule is CN=C(NCCC1CC1)NC(C)c1cccc(N2CCCC2)c1.I. The van der Waals surface area contributed by atoms with Gasteiger partial charge in [-0.2, -0.15) is 0 Å². The highest BCUT2D eigenvalue weighted by atomic mass is 127. The smallest absolute Gasteiger partial charge is 0.191 e. The molecule has 2 N–H and O–H groups in total. The minimum Gasteiger partial charge on any atom is -0.372 e. The van der Waals surface area contributed by atoms with Crippen LogP contribution in [0.3, 0.4) is 0 Å². The van der Waals surface area contributed by atoms with Crippen molar-refractivity contribution < 1.29 is 0 Å². The molecule has 4 nitrogen and oxygen atoms in total. The lowest BCUT2D eigenvalue weighted by Crippen LogP contribution is -2.39. The van der Waals surface area contributed by atoms with Crippen molar-refractivity contribution in [3.05, 3.63) is 29.8 Å². The fraction of sp³-hybridized carbons (Fsp3) is 0.632. The number of nitrogens with zero attached hydrogens (tertiary/aromatic N) is 2. The molecule has 1 saturated heterocycles. The molecule has 1 aromatic rings. The summed E-state index contributed by atoms with van der Waals surface area (Å²) in [6, 6.07) is 9.17. The molecule has 1 atom stereocenters. The lowest BCUT2D eigenvalue weighted by molar-refractivity contribution is 0.653. The van der Waals surface area contributed by atoms with Gasteiger partial charge in [-0.1, -0.05) is 25.0 Å². The van der Waals surface area contributed by atoms with Crippen molar-refractivity contribution in [1.29, 1.82) is 0 Å². The molecule has 1 unspecified atom stereocenters. The van der Waals surface area contributed by atoms with Crippen LogP contribution in [0.15, 0.2) is 29.3 Å². The maximum Gasteiger partial charge on any atom is 0.191 e. The maximum atomic E-state index is 4.35. The van der Waals surface area contributed by atoms with E-state index in [1.54, 1.807) is 0 Å². The Morgan fingerprint density at radius 3 is 2.71 bits per heavy atom. The Labute approximate surface area is 163 Å². The third kappa shape index (κ3) is 5.53. The highest BCUT2D eigenvalue weighted by Crippen LogP contribution is 2.31. The van der Waals surface area contributed by atoms with Gasteiger partial charge in [-0.05, 0) is 49.8 Å². The first kappa shape index (κ1) is 19.3. The van der Waals surface area contributed by atoms with Crippen LogP contribution in [0, 0.1) is 5.92 Å². The number of rotatable bonds is 6. The normalized spacial score (nSPS) is 18.9. The molecule has 2 fully saturated rings. The fourth-order valence-electron chi connectivity index (χ4n) is 3.25. The first-order valence-electron chi connectivity index (χ1n) is 9.08. The van der Waals surface area contributed by atoms with Gasteiger partial charge >= 0.3 is 0 Å². The molecule has 5 heteroatoms. The van der Waals surface area contributed by atoms with E-state index in [0.29, 0.717) is 0 Å². The molecule has 24 heavy (non-hydrogen) atoms. The van der Waals surface area contributed by atoms with Crippen LogP contribution in [0.4, 0.5) is 5.69 Å². The molecule has 134 valence electrons. The van der Waals surface area contributed by atoms with E-state index in [-0.39, 0.29) is 30.0 Å². The van der Waals surface area contributed by atoms with Crippen LogP contribution in [0.25, 0.3) is 0 Å². The number of guanidine groups is 1. The molecule has 1 aromatic carbocycles. The van der Waals surface area contributed by atoms with Gasteiger partial charge in [-0.15, -0.1) is 24.0 Å². The Morgan fingerprint density at radius 2 is 2.04 bits per heavy atom. The van der Waals surface area contributed by atoms with Crippen molar-refractivity contribution in [3.63, 3.8) is 0 Å². The van der Waals surface area contributed by atoms with E-state index in [9.17, 15) is 0 Å². The first-order valence-corrected chi connectivity index (χ1v) is 9.08. The molecule has 2 aliphatic rings. The molecular weight excluding hydrogens is 411 g/mol. The Bertz CT molecular complexity index is 536. The topological polar surface area (TPSA) is 39.7 Å². The number of nitrogens with one attached hydrogen (secondary N) is 2. The number of halogens is 1. The Kier molecular flexibility index (Phi) is 7.65. The van der Waals surface area contributed by atoms with Crippen molar-refractivity contribution in [2.24, 2.45) is 10.9 Å². The van der Waals surface area contributed by atoms with E-state index >= 15 is 0 Å². The third-order valence-corrected chi connectivity index (χ3v) is 4.96. The monoisotopic (exact) mass is 442 g/mol. The second-order valence-corrected chi connectivity index (χ2v) is 6.89. The molecule has 0 amide bonds. The van der Waals surface area contributed by atoms with Crippen molar-refractivity contribution in [1.82, 2.24) is 10.6 Å². The van der Waals surface area contributed by atoms with Crippen molar-refractivity contribution in [2.75, 3.05) is 31.6 Å². The van der Waals surface area contributed by atoms with E-state index in [4.69, 9.17) is 0 Å². The summed E-state index contributed by atoms with van der Waals surface area (Å²) >= 11 is 0. The molecule has 1 saturated carbocycles. The standard InChI is InChI=1S/C19H30N4.HI/c1-15(22-19(20-2)21-11-10-16-8-9-16)17-6-5-7-18(14-17)23-12-3-4-13-23;/h5-7,14-16H,3-4,8-13H2,1-2H3,(H2,20,21,22);1H. The van der Waals surface area contributed by atoms with Gasteiger partial charge < -0.3 is 15.5 Å². The van der Waals surface area contributed by atoms with Gasteiger partial charge in [-0.3, -0.25) is 4.99 Å². The zero-order valence-electron chi connectivity index (χ0n) is 14.9. The van der Waals surface area contributed by atoms with Gasteiger partial charge in [0.1, 0.15) is 0 Å². The number of aliphatic imine (C=N–C) groups is 1.